The average molecular weight is 289 g/mol. The summed E-state index contributed by atoms with van der Waals surface area (Å²) in [5.74, 6) is 0.545. The zero-order valence-electron chi connectivity index (χ0n) is 11.2. The quantitative estimate of drug-likeness (QED) is 0.859. The highest BCUT2D eigenvalue weighted by Crippen LogP contribution is 2.16. The molecule has 0 radical (unpaired) electrons. The van der Waals surface area contributed by atoms with E-state index in [-0.39, 0.29) is 12.0 Å². The highest BCUT2D eigenvalue weighted by Gasteiger charge is 2.01. The van der Waals surface area contributed by atoms with Crippen molar-refractivity contribution in [2.45, 2.75) is 20.0 Å². The number of anilines is 1. The first-order valence-electron chi connectivity index (χ1n) is 6.15. The van der Waals surface area contributed by atoms with Gasteiger partial charge in [-0.05, 0) is 37.6 Å². The van der Waals surface area contributed by atoms with Crippen molar-refractivity contribution < 1.29 is 9.53 Å². The second-order valence-electron chi connectivity index (χ2n) is 4.31. The van der Waals surface area contributed by atoms with E-state index in [9.17, 15) is 4.79 Å². The highest BCUT2D eigenvalue weighted by molar-refractivity contribution is 7.13. The van der Waals surface area contributed by atoms with Crippen molar-refractivity contribution in [1.82, 2.24) is 10.2 Å². The van der Waals surface area contributed by atoms with Gasteiger partial charge in [-0.1, -0.05) is 23.5 Å². The van der Waals surface area contributed by atoms with E-state index in [1.165, 1.54) is 17.4 Å². The topological polar surface area (TPSA) is 64.1 Å². The summed E-state index contributed by atoms with van der Waals surface area (Å²) in [6.45, 7) is 3.94. The van der Waals surface area contributed by atoms with Crippen LogP contribution in [0.5, 0.6) is 5.75 Å². The van der Waals surface area contributed by atoms with Crippen LogP contribution in [0.4, 0.5) is 5.13 Å². The standard InChI is InChI=1S/C14H15N3O2S/c1-10(2)19-12-5-3-4-11(8-12)6-7-13(18)16-14-17-15-9-20-14/h3-10H,1-2H3,(H,16,17,18)/b7-6+. The Labute approximate surface area is 121 Å². The molecule has 2 rings (SSSR count). The van der Waals surface area contributed by atoms with Crippen LogP contribution in [0.2, 0.25) is 0 Å². The first-order chi connectivity index (χ1) is 9.63. The van der Waals surface area contributed by atoms with Crippen molar-refractivity contribution in [3.63, 3.8) is 0 Å². The molecule has 0 aliphatic rings. The Morgan fingerprint density at radius 2 is 2.30 bits per heavy atom. The van der Waals surface area contributed by atoms with Crippen LogP contribution in [0.15, 0.2) is 35.9 Å². The molecule has 1 aromatic heterocycles. The Bertz CT molecular complexity index is 594. The summed E-state index contributed by atoms with van der Waals surface area (Å²) in [7, 11) is 0. The van der Waals surface area contributed by atoms with Crippen LogP contribution in [0, 0.1) is 0 Å². The Morgan fingerprint density at radius 3 is 3.00 bits per heavy atom. The van der Waals surface area contributed by atoms with E-state index in [1.807, 2.05) is 38.1 Å². The number of amides is 1. The molecule has 1 heterocycles. The number of aromatic nitrogens is 2. The van der Waals surface area contributed by atoms with E-state index in [1.54, 1.807) is 11.6 Å². The van der Waals surface area contributed by atoms with Crippen LogP contribution in [0.3, 0.4) is 0 Å². The molecule has 0 spiro atoms. The van der Waals surface area contributed by atoms with Crippen LogP contribution < -0.4 is 10.1 Å². The largest absolute Gasteiger partial charge is 0.491 e. The van der Waals surface area contributed by atoms with E-state index in [0.29, 0.717) is 5.13 Å². The zero-order valence-corrected chi connectivity index (χ0v) is 12.1. The Balaban J connectivity index is 1.98. The monoisotopic (exact) mass is 289 g/mol. The van der Waals surface area contributed by atoms with Crippen molar-refractivity contribution in [2.75, 3.05) is 5.32 Å². The fraction of sp³-hybridized carbons (Fsp3) is 0.214. The summed E-state index contributed by atoms with van der Waals surface area (Å²) in [5.41, 5.74) is 2.46. The molecule has 1 amide bonds. The van der Waals surface area contributed by atoms with Gasteiger partial charge in [0.15, 0.2) is 0 Å². The predicted molar refractivity (Wildman–Crippen MR) is 79.8 cm³/mol. The third-order valence-electron chi connectivity index (χ3n) is 2.25. The van der Waals surface area contributed by atoms with Crippen molar-refractivity contribution in [3.05, 3.63) is 41.4 Å². The molecular weight excluding hydrogens is 274 g/mol. The number of carbonyl (C=O) groups is 1. The maximum absolute atomic E-state index is 11.7. The second-order valence-corrected chi connectivity index (χ2v) is 5.14. The summed E-state index contributed by atoms with van der Waals surface area (Å²) >= 11 is 1.27. The fourth-order valence-electron chi connectivity index (χ4n) is 1.51. The molecule has 0 fully saturated rings. The number of rotatable bonds is 5. The van der Waals surface area contributed by atoms with Gasteiger partial charge in [0.2, 0.25) is 11.0 Å². The van der Waals surface area contributed by atoms with Gasteiger partial charge in [0, 0.05) is 6.08 Å². The first-order valence-corrected chi connectivity index (χ1v) is 7.03. The number of benzene rings is 1. The van der Waals surface area contributed by atoms with E-state index >= 15 is 0 Å². The maximum Gasteiger partial charge on any atom is 0.250 e. The second kappa shape index (κ2) is 6.81. The van der Waals surface area contributed by atoms with E-state index in [2.05, 4.69) is 15.5 Å². The maximum atomic E-state index is 11.7. The Hall–Kier alpha value is -2.21. The van der Waals surface area contributed by atoms with Crippen LogP contribution >= 0.6 is 11.3 Å². The zero-order chi connectivity index (χ0) is 14.4. The molecular formula is C14H15N3O2S. The lowest BCUT2D eigenvalue weighted by Crippen LogP contribution is -2.07. The molecule has 6 heteroatoms. The summed E-state index contributed by atoms with van der Waals surface area (Å²) in [6, 6.07) is 7.56. The molecule has 5 nitrogen and oxygen atoms in total. The fourth-order valence-corrected chi connectivity index (χ4v) is 1.96. The van der Waals surface area contributed by atoms with Crippen molar-refractivity contribution in [1.29, 1.82) is 0 Å². The SMILES string of the molecule is CC(C)Oc1cccc(/C=C/C(=O)Nc2nncs2)c1. The molecule has 20 heavy (non-hydrogen) atoms. The number of hydrogen-bond donors (Lipinski definition) is 1. The number of nitrogens with zero attached hydrogens (tertiary/aromatic N) is 2. The van der Waals surface area contributed by atoms with Crippen LogP contribution in [-0.2, 0) is 4.79 Å². The summed E-state index contributed by atoms with van der Waals surface area (Å²) < 4.78 is 5.60. The molecule has 0 saturated heterocycles. The minimum atomic E-state index is -0.239. The van der Waals surface area contributed by atoms with Crippen LogP contribution in [0.1, 0.15) is 19.4 Å². The lowest BCUT2D eigenvalue weighted by molar-refractivity contribution is -0.111. The Morgan fingerprint density at radius 1 is 1.45 bits per heavy atom. The average Bonchev–Trinajstić information content (AvgIpc) is 2.89. The Kier molecular flexibility index (Phi) is 4.84. The van der Waals surface area contributed by atoms with Gasteiger partial charge >= 0.3 is 0 Å². The molecule has 0 aliphatic heterocycles. The molecule has 1 N–H and O–H groups in total. The summed E-state index contributed by atoms with van der Waals surface area (Å²) in [5, 5.41) is 10.5. The highest BCUT2D eigenvalue weighted by atomic mass is 32.1. The summed E-state index contributed by atoms with van der Waals surface area (Å²) in [4.78, 5) is 11.7. The molecule has 0 saturated carbocycles. The normalized spacial score (nSPS) is 10.9. The van der Waals surface area contributed by atoms with E-state index in [4.69, 9.17) is 4.74 Å². The smallest absolute Gasteiger partial charge is 0.250 e. The lowest BCUT2D eigenvalue weighted by atomic mass is 10.2. The number of carbonyl (C=O) groups excluding carboxylic acids is 1. The van der Waals surface area contributed by atoms with Gasteiger partial charge < -0.3 is 4.74 Å². The van der Waals surface area contributed by atoms with Crippen LogP contribution in [-0.4, -0.2) is 22.2 Å². The van der Waals surface area contributed by atoms with Gasteiger partial charge in [-0.2, -0.15) is 0 Å². The molecule has 0 atom stereocenters. The van der Waals surface area contributed by atoms with Gasteiger partial charge in [0.25, 0.3) is 0 Å². The lowest BCUT2D eigenvalue weighted by Gasteiger charge is -2.09. The molecule has 0 aliphatic carbocycles. The van der Waals surface area contributed by atoms with Crippen molar-refractivity contribution in [3.8, 4) is 5.75 Å². The van der Waals surface area contributed by atoms with E-state index < -0.39 is 0 Å². The summed E-state index contributed by atoms with van der Waals surface area (Å²) in [6.07, 6.45) is 3.30. The third kappa shape index (κ3) is 4.47. The van der Waals surface area contributed by atoms with Gasteiger partial charge in [-0.25, -0.2) is 0 Å². The van der Waals surface area contributed by atoms with Gasteiger partial charge in [0.05, 0.1) is 6.10 Å². The third-order valence-corrected chi connectivity index (χ3v) is 2.85. The molecule has 1 aromatic carbocycles. The van der Waals surface area contributed by atoms with Gasteiger partial charge in [-0.3, -0.25) is 10.1 Å². The first kappa shape index (κ1) is 14.2. The molecule has 2 aromatic rings. The number of ether oxygens (including phenoxy) is 1. The van der Waals surface area contributed by atoms with Gasteiger partial charge in [-0.15, -0.1) is 10.2 Å². The molecule has 0 unspecified atom stereocenters. The minimum Gasteiger partial charge on any atom is -0.491 e. The van der Waals surface area contributed by atoms with Crippen molar-refractivity contribution >= 4 is 28.5 Å². The number of nitrogens with one attached hydrogen (secondary N) is 1. The van der Waals surface area contributed by atoms with Crippen molar-refractivity contribution in [2.24, 2.45) is 0 Å². The number of hydrogen-bond acceptors (Lipinski definition) is 5. The molecule has 104 valence electrons. The van der Waals surface area contributed by atoms with Crippen LogP contribution in [0.25, 0.3) is 6.08 Å². The predicted octanol–water partition coefficient (Wildman–Crippen LogP) is 2.98. The molecule has 0 bridgehead atoms. The van der Waals surface area contributed by atoms with E-state index in [0.717, 1.165) is 11.3 Å². The minimum absolute atomic E-state index is 0.120. The van der Waals surface area contributed by atoms with Gasteiger partial charge in [0.1, 0.15) is 11.3 Å².